The average molecular weight is 506 g/mol. The third kappa shape index (κ3) is 15.4. The first-order valence-corrected chi connectivity index (χ1v) is 14.2. The predicted molar refractivity (Wildman–Crippen MR) is 133 cm³/mol. The zero-order valence-electron chi connectivity index (χ0n) is 20.2. The first kappa shape index (κ1) is 28.9. The van der Waals surface area contributed by atoms with Crippen molar-refractivity contribution in [3.8, 4) is 0 Å². The van der Waals surface area contributed by atoms with Crippen molar-refractivity contribution in [2.75, 3.05) is 31.8 Å². The molecule has 184 valence electrons. The Kier molecular flexibility index (Phi) is 18.0. The van der Waals surface area contributed by atoms with Crippen molar-refractivity contribution in [2.45, 2.75) is 116 Å². The van der Waals surface area contributed by atoms with Crippen LogP contribution >= 0.6 is 15.9 Å². The van der Waals surface area contributed by atoms with Gasteiger partial charge in [0, 0.05) is 23.8 Å². The van der Waals surface area contributed by atoms with Crippen LogP contribution < -0.4 is 0 Å². The Labute approximate surface area is 200 Å². The van der Waals surface area contributed by atoms with E-state index < -0.39 is 5.97 Å². The minimum absolute atomic E-state index is 0.0400. The number of carboxylic acid groups (broad SMARTS) is 1. The molecule has 1 N–H and O–H groups in total. The number of hydrogen-bond acceptors (Lipinski definition) is 3. The van der Waals surface area contributed by atoms with Gasteiger partial charge in [0.05, 0.1) is 19.8 Å². The summed E-state index contributed by atoms with van der Waals surface area (Å²) in [5.74, 6) is -0.505. The summed E-state index contributed by atoms with van der Waals surface area (Å²) in [6.45, 7) is 5.24. The monoisotopic (exact) mass is 504 g/mol. The summed E-state index contributed by atoms with van der Waals surface area (Å²) in [6.07, 6.45) is 21.2. The van der Waals surface area contributed by atoms with Gasteiger partial charge >= 0.3 is 5.97 Å². The molecule has 1 aliphatic rings. The van der Waals surface area contributed by atoms with Gasteiger partial charge in [-0.15, -0.1) is 0 Å². The molecule has 0 aromatic carbocycles. The molecule has 0 bridgehead atoms. The van der Waals surface area contributed by atoms with E-state index in [9.17, 15) is 4.79 Å². The Morgan fingerprint density at radius 2 is 1.45 bits per heavy atom. The third-order valence-corrected chi connectivity index (χ3v) is 7.03. The minimum Gasteiger partial charge on any atom is -0.481 e. The van der Waals surface area contributed by atoms with Crippen LogP contribution in [0.3, 0.4) is 0 Å². The molecule has 0 amide bonds. The maximum absolute atomic E-state index is 11.1. The topological polar surface area (TPSA) is 55.8 Å². The van der Waals surface area contributed by atoms with Gasteiger partial charge in [0.15, 0.2) is 0 Å². The Morgan fingerprint density at radius 1 is 0.935 bits per heavy atom. The molecule has 1 fully saturated rings. The summed E-state index contributed by atoms with van der Waals surface area (Å²) >= 11 is 3.46. The summed E-state index contributed by atoms with van der Waals surface area (Å²) in [5, 5.41) is 9.99. The first-order valence-electron chi connectivity index (χ1n) is 13.0. The van der Waals surface area contributed by atoms with Crippen molar-refractivity contribution in [1.82, 2.24) is 0 Å². The lowest BCUT2D eigenvalue weighted by Crippen LogP contribution is -2.47. The number of hydrogen-bond donors (Lipinski definition) is 1. The Bertz CT molecular complexity index is 426. The third-order valence-electron chi connectivity index (χ3n) is 6.57. The van der Waals surface area contributed by atoms with Gasteiger partial charge in [0.2, 0.25) is 0 Å². The summed E-state index contributed by atoms with van der Waals surface area (Å²) in [6, 6.07) is 0. The van der Waals surface area contributed by atoms with Gasteiger partial charge in [-0.2, -0.15) is 0 Å². The normalized spacial score (nSPS) is 16.2. The second-order valence-electron chi connectivity index (χ2n) is 9.79. The highest BCUT2D eigenvalue weighted by molar-refractivity contribution is 9.09. The quantitative estimate of drug-likeness (QED) is 0.114. The standard InChI is InChI=1S/C26H49BrO4/c1-2-3-4-5-6-7-8-9-10-11-12-13-14-15-18-30-21-26(22-31-23-26)20-24(16-17-27)19-25(28)29/h24H,2-23H2,1H3,(H,28,29). The zero-order chi connectivity index (χ0) is 22.6. The van der Waals surface area contributed by atoms with E-state index in [1.54, 1.807) is 0 Å². The zero-order valence-corrected chi connectivity index (χ0v) is 21.8. The SMILES string of the molecule is CCCCCCCCCCCCCCCCOCC1(CC(CCBr)CC(=O)O)COC1. The number of alkyl halides is 1. The largest absolute Gasteiger partial charge is 0.481 e. The number of unbranched alkanes of at least 4 members (excludes halogenated alkanes) is 13. The van der Waals surface area contributed by atoms with Crippen LogP contribution in [0.25, 0.3) is 0 Å². The van der Waals surface area contributed by atoms with Gasteiger partial charge in [-0.1, -0.05) is 106 Å². The highest BCUT2D eigenvalue weighted by atomic mass is 79.9. The van der Waals surface area contributed by atoms with Crippen molar-refractivity contribution >= 4 is 21.9 Å². The van der Waals surface area contributed by atoms with E-state index in [1.807, 2.05) is 0 Å². The molecule has 1 unspecified atom stereocenters. The van der Waals surface area contributed by atoms with Crippen LogP contribution in [0, 0.1) is 11.3 Å². The number of aliphatic carboxylic acids is 1. The fourth-order valence-electron chi connectivity index (χ4n) is 4.63. The lowest BCUT2D eigenvalue weighted by molar-refractivity contribution is -0.161. The molecule has 0 aromatic rings. The van der Waals surface area contributed by atoms with E-state index in [1.165, 1.54) is 83.5 Å². The van der Waals surface area contributed by atoms with E-state index in [2.05, 4.69) is 22.9 Å². The molecule has 5 heteroatoms. The maximum atomic E-state index is 11.1. The van der Waals surface area contributed by atoms with Crippen LogP contribution in [-0.4, -0.2) is 42.8 Å². The molecule has 0 saturated carbocycles. The molecule has 0 spiro atoms. The Morgan fingerprint density at radius 3 is 1.87 bits per heavy atom. The highest BCUT2D eigenvalue weighted by Crippen LogP contribution is 2.37. The molecule has 1 atom stereocenters. The Hall–Kier alpha value is -0.130. The van der Waals surface area contributed by atoms with Crippen LogP contribution in [0.4, 0.5) is 0 Å². The molecule has 1 rings (SSSR count). The van der Waals surface area contributed by atoms with E-state index in [-0.39, 0.29) is 17.8 Å². The van der Waals surface area contributed by atoms with Crippen LogP contribution in [0.15, 0.2) is 0 Å². The first-order chi connectivity index (χ1) is 15.1. The second-order valence-corrected chi connectivity index (χ2v) is 10.6. The number of carbonyl (C=O) groups is 1. The van der Waals surface area contributed by atoms with Crippen molar-refractivity contribution in [3.63, 3.8) is 0 Å². The predicted octanol–water partition coefficient (Wildman–Crippen LogP) is 7.77. The fourth-order valence-corrected chi connectivity index (χ4v) is 5.28. The van der Waals surface area contributed by atoms with Gasteiger partial charge in [-0.05, 0) is 25.2 Å². The Balaban J connectivity index is 1.94. The van der Waals surface area contributed by atoms with Crippen LogP contribution in [0.5, 0.6) is 0 Å². The lowest BCUT2D eigenvalue weighted by atomic mass is 9.76. The van der Waals surface area contributed by atoms with Crippen LogP contribution in [0.1, 0.15) is 116 Å². The van der Waals surface area contributed by atoms with Crippen molar-refractivity contribution in [1.29, 1.82) is 0 Å². The highest BCUT2D eigenvalue weighted by Gasteiger charge is 2.41. The van der Waals surface area contributed by atoms with E-state index in [4.69, 9.17) is 14.6 Å². The summed E-state index contributed by atoms with van der Waals surface area (Å²) < 4.78 is 11.5. The van der Waals surface area contributed by atoms with E-state index >= 15 is 0 Å². The van der Waals surface area contributed by atoms with Gasteiger partial charge in [-0.3, -0.25) is 4.79 Å². The molecule has 4 nitrogen and oxygen atoms in total. The van der Waals surface area contributed by atoms with E-state index in [0.29, 0.717) is 19.8 Å². The fraction of sp³-hybridized carbons (Fsp3) is 0.962. The molecule has 0 aromatic heterocycles. The summed E-state index contributed by atoms with van der Waals surface area (Å²) in [7, 11) is 0. The maximum Gasteiger partial charge on any atom is 0.303 e. The average Bonchev–Trinajstić information content (AvgIpc) is 2.71. The van der Waals surface area contributed by atoms with E-state index in [0.717, 1.165) is 31.2 Å². The number of carboxylic acids is 1. The molecular weight excluding hydrogens is 456 g/mol. The van der Waals surface area contributed by atoms with Crippen molar-refractivity contribution in [3.05, 3.63) is 0 Å². The van der Waals surface area contributed by atoms with Gasteiger partial charge in [0.1, 0.15) is 0 Å². The smallest absolute Gasteiger partial charge is 0.303 e. The minimum atomic E-state index is -0.704. The van der Waals surface area contributed by atoms with Crippen LogP contribution in [-0.2, 0) is 14.3 Å². The number of rotatable bonds is 23. The molecule has 0 aliphatic carbocycles. The molecular formula is C26H49BrO4. The van der Waals surface area contributed by atoms with Crippen molar-refractivity contribution < 1.29 is 19.4 Å². The lowest BCUT2D eigenvalue weighted by Gasteiger charge is -2.43. The number of ether oxygens (including phenoxy) is 2. The van der Waals surface area contributed by atoms with Crippen LogP contribution in [0.2, 0.25) is 0 Å². The summed E-state index contributed by atoms with van der Waals surface area (Å²) in [5.41, 5.74) is 0.0400. The molecule has 1 heterocycles. The van der Waals surface area contributed by atoms with Gasteiger partial charge < -0.3 is 14.6 Å². The molecule has 0 radical (unpaired) electrons. The molecule has 1 aliphatic heterocycles. The van der Waals surface area contributed by atoms with Gasteiger partial charge in [-0.25, -0.2) is 0 Å². The number of halogens is 1. The molecule has 1 saturated heterocycles. The second kappa shape index (κ2) is 19.3. The summed E-state index contributed by atoms with van der Waals surface area (Å²) in [4.78, 5) is 11.1. The van der Waals surface area contributed by atoms with Crippen molar-refractivity contribution in [2.24, 2.45) is 11.3 Å². The van der Waals surface area contributed by atoms with Gasteiger partial charge in [0.25, 0.3) is 0 Å². The molecule has 31 heavy (non-hydrogen) atoms.